The van der Waals surface area contributed by atoms with Crippen LogP contribution in [-0.4, -0.2) is 10.2 Å². The Kier molecular flexibility index (Phi) is 2.70. The van der Waals surface area contributed by atoms with Crippen LogP contribution in [0.2, 0.25) is 0 Å². The Morgan fingerprint density at radius 2 is 1.64 bits per heavy atom. The number of rotatable bonds is 2. The first-order valence-corrected chi connectivity index (χ1v) is 7.67. The summed E-state index contributed by atoms with van der Waals surface area (Å²) < 4.78 is 0. The van der Waals surface area contributed by atoms with E-state index >= 15 is 0 Å². The number of aromatic hydroxyl groups is 2. The van der Waals surface area contributed by atoms with Crippen molar-refractivity contribution in [2.24, 2.45) is 5.92 Å². The lowest BCUT2D eigenvalue weighted by Crippen LogP contribution is -1.96. The first-order valence-electron chi connectivity index (χ1n) is 7.67. The van der Waals surface area contributed by atoms with Crippen LogP contribution in [0.25, 0.3) is 32.3 Å². The Balaban J connectivity index is 2.23. The van der Waals surface area contributed by atoms with Gasteiger partial charge < -0.3 is 10.2 Å². The van der Waals surface area contributed by atoms with Crippen molar-refractivity contribution < 1.29 is 10.2 Å². The molecule has 2 heteroatoms. The van der Waals surface area contributed by atoms with E-state index < -0.39 is 0 Å². The zero-order valence-corrected chi connectivity index (χ0v) is 12.7. The molecule has 0 amide bonds. The number of phenols is 2. The molecule has 0 aliphatic carbocycles. The van der Waals surface area contributed by atoms with Crippen LogP contribution in [0.4, 0.5) is 0 Å². The maximum atomic E-state index is 10.7. The molecule has 0 radical (unpaired) electrons. The van der Waals surface area contributed by atoms with E-state index in [9.17, 15) is 10.2 Å². The van der Waals surface area contributed by atoms with Gasteiger partial charge in [0.05, 0.1) is 0 Å². The molecule has 0 heterocycles. The molecule has 4 aromatic carbocycles. The van der Waals surface area contributed by atoms with Crippen LogP contribution in [0.5, 0.6) is 11.5 Å². The van der Waals surface area contributed by atoms with Gasteiger partial charge in [0.2, 0.25) is 0 Å². The van der Waals surface area contributed by atoms with Gasteiger partial charge in [0.15, 0.2) is 0 Å². The van der Waals surface area contributed by atoms with E-state index in [2.05, 4.69) is 19.9 Å². The van der Waals surface area contributed by atoms with Gasteiger partial charge in [-0.25, -0.2) is 0 Å². The molecule has 2 nitrogen and oxygen atoms in total. The van der Waals surface area contributed by atoms with E-state index in [1.54, 1.807) is 0 Å². The molecule has 0 aromatic heterocycles. The maximum absolute atomic E-state index is 10.7. The molecule has 0 atom stereocenters. The van der Waals surface area contributed by atoms with E-state index in [-0.39, 0.29) is 5.75 Å². The fourth-order valence-electron chi connectivity index (χ4n) is 3.52. The lowest BCUT2D eigenvalue weighted by atomic mass is 9.90. The molecule has 110 valence electrons. The number of hydrogen-bond donors (Lipinski definition) is 2. The zero-order valence-electron chi connectivity index (χ0n) is 12.7. The lowest BCUT2D eigenvalue weighted by molar-refractivity contribution is 0.468. The maximum Gasteiger partial charge on any atom is 0.126 e. The summed E-state index contributed by atoms with van der Waals surface area (Å²) in [7, 11) is 0. The second kappa shape index (κ2) is 4.51. The van der Waals surface area contributed by atoms with Crippen molar-refractivity contribution in [1.82, 2.24) is 0 Å². The molecule has 22 heavy (non-hydrogen) atoms. The van der Waals surface area contributed by atoms with Crippen molar-refractivity contribution in [2.45, 2.75) is 20.3 Å². The summed E-state index contributed by atoms with van der Waals surface area (Å²) in [5.41, 5.74) is 0.899. The lowest BCUT2D eigenvalue weighted by Gasteiger charge is -2.16. The van der Waals surface area contributed by atoms with Crippen LogP contribution in [0, 0.1) is 5.92 Å². The highest BCUT2D eigenvalue weighted by Crippen LogP contribution is 2.44. The SMILES string of the molecule is CC(C)Cc1cc2c(O)cc3cccc4ccc(c1O)c2c43. The monoisotopic (exact) mass is 290 g/mol. The highest BCUT2D eigenvalue weighted by molar-refractivity contribution is 6.25. The topological polar surface area (TPSA) is 40.5 Å². The quantitative estimate of drug-likeness (QED) is 0.498. The summed E-state index contributed by atoms with van der Waals surface area (Å²) in [5.74, 6) is 1.07. The molecule has 4 aromatic rings. The van der Waals surface area contributed by atoms with E-state index in [0.717, 1.165) is 44.3 Å². The smallest absolute Gasteiger partial charge is 0.126 e. The standard InChI is InChI=1S/C20H18O2/c1-11(2)8-14-9-16-17(21)10-13-5-3-4-12-6-7-15(20(14)22)19(16)18(12)13/h3-7,9-11,21-22H,8H2,1-2H3. The van der Waals surface area contributed by atoms with Gasteiger partial charge in [0.1, 0.15) is 11.5 Å². The van der Waals surface area contributed by atoms with Crippen LogP contribution < -0.4 is 0 Å². The van der Waals surface area contributed by atoms with Gasteiger partial charge in [0.25, 0.3) is 0 Å². The van der Waals surface area contributed by atoms with Crippen molar-refractivity contribution in [3.63, 3.8) is 0 Å². The zero-order chi connectivity index (χ0) is 15.4. The van der Waals surface area contributed by atoms with Crippen molar-refractivity contribution >= 4 is 32.3 Å². The van der Waals surface area contributed by atoms with Crippen LogP contribution in [-0.2, 0) is 6.42 Å². The Labute approximate surface area is 129 Å². The summed E-state index contributed by atoms with van der Waals surface area (Å²) in [6.45, 7) is 4.26. The fourth-order valence-corrected chi connectivity index (χ4v) is 3.52. The second-order valence-electron chi connectivity index (χ2n) is 6.49. The Morgan fingerprint density at radius 1 is 0.864 bits per heavy atom. The van der Waals surface area contributed by atoms with Crippen LogP contribution in [0.1, 0.15) is 19.4 Å². The third-order valence-electron chi connectivity index (χ3n) is 4.42. The third-order valence-corrected chi connectivity index (χ3v) is 4.42. The average Bonchev–Trinajstić information content (AvgIpc) is 2.48. The fraction of sp³-hybridized carbons (Fsp3) is 0.200. The van der Waals surface area contributed by atoms with Gasteiger partial charge in [-0.2, -0.15) is 0 Å². The summed E-state index contributed by atoms with van der Waals surface area (Å²) in [6, 6.07) is 13.8. The second-order valence-corrected chi connectivity index (χ2v) is 6.49. The molecule has 0 aliphatic heterocycles. The third kappa shape index (κ3) is 1.73. The van der Waals surface area contributed by atoms with E-state index in [1.807, 2.05) is 36.4 Å². The minimum Gasteiger partial charge on any atom is -0.507 e. The van der Waals surface area contributed by atoms with Crippen LogP contribution in [0.15, 0.2) is 42.5 Å². The molecule has 0 saturated carbocycles. The van der Waals surface area contributed by atoms with Crippen molar-refractivity contribution in [3.8, 4) is 11.5 Å². The summed E-state index contributed by atoms with van der Waals surface area (Å²) in [4.78, 5) is 0. The van der Waals surface area contributed by atoms with Gasteiger partial charge in [-0.05, 0) is 52.3 Å². The normalized spacial score (nSPS) is 12.1. The molecular formula is C20H18O2. The molecule has 0 spiro atoms. The molecule has 0 unspecified atom stereocenters. The molecule has 2 N–H and O–H groups in total. The van der Waals surface area contributed by atoms with E-state index in [0.29, 0.717) is 11.7 Å². The first kappa shape index (κ1) is 13.2. The van der Waals surface area contributed by atoms with Crippen LogP contribution in [0.3, 0.4) is 0 Å². The van der Waals surface area contributed by atoms with Gasteiger partial charge in [-0.1, -0.05) is 38.1 Å². The van der Waals surface area contributed by atoms with E-state index in [1.165, 1.54) is 0 Å². The number of phenolic OH excluding ortho intramolecular Hbond substituents is 2. The first-order chi connectivity index (χ1) is 10.6. The predicted octanol–water partition coefficient (Wildman–Crippen LogP) is 5.19. The predicted molar refractivity (Wildman–Crippen MR) is 92.0 cm³/mol. The average molecular weight is 290 g/mol. The highest BCUT2D eigenvalue weighted by atomic mass is 16.3. The largest absolute Gasteiger partial charge is 0.507 e. The van der Waals surface area contributed by atoms with Crippen molar-refractivity contribution in [3.05, 3.63) is 48.0 Å². The minimum absolute atomic E-state index is 0.279. The minimum atomic E-state index is 0.279. The number of hydrogen-bond acceptors (Lipinski definition) is 2. The van der Waals surface area contributed by atoms with Crippen molar-refractivity contribution in [2.75, 3.05) is 0 Å². The summed E-state index contributed by atoms with van der Waals surface area (Å²) in [6.07, 6.45) is 0.793. The Bertz CT molecular complexity index is 994. The summed E-state index contributed by atoms with van der Waals surface area (Å²) in [5, 5.41) is 27.0. The highest BCUT2D eigenvalue weighted by Gasteiger charge is 2.17. The van der Waals surface area contributed by atoms with E-state index in [4.69, 9.17) is 0 Å². The molecular weight excluding hydrogens is 272 g/mol. The molecule has 0 saturated heterocycles. The van der Waals surface area contributed by atoms with Crippen molar-refractivity contribution in [1.29, 1.82) is 0 Å². The summed E-state index contributed by atoms with van der Waals surface area (Å²) >= 11 is 0. The molecule has 0 aliphatic rings. The Morgan fingerprint density at radius 3 is 2.41 bits per heavy atom. The Hall–Kier alpha value is -2.48. The number of benzene rings is 4. The van der Waals surface area contributed by atoms with Gasteiger partial charge >= 0.3 is 0 Å². The molecule has 0 bridgehead atoms. The molecule has 0 fully saturated rings. The van der Waals surface area contributed by atoms with Gasteiger partial charge in [-0.3, -0.25) is 0 Å². The molecule has 4 rings (SSSR count). The van der Waals surface area contributed by atoms with Gasteiger partial charge in [-0.15, -0.1) is 0 Å². The van der Waals surface area contributed by atoms with Gasteiger partial charge in [0, 0.05) is 16.2 Å². The van der Waals surface area contributed by atoms with Crippen LogP contribution >= 0.6 is 0 Å².